The lowest BCUT2D eigenvalue weighted by atomic mass is 9.95. The summed E-state index contributed by atoms with van der Waals surface area (Å²) in [6.07, 6.45) is 2.17. The van der Waals surface area contributed by atoms with Crippen LogP contribution in [0.4, 0.5) is 5.69 Å². The monoisotopic (exact) mass is 276 g/mol. The van der Waals surface area contributed by atoms with Gasteiger partial charge in [0.05, 0.1) is 11.1 Å². The van der Waals surface area contributed by atoms with E-state index in [-0.39, 0.29) is 11.5 Å². The number of aromatic carboxylic acids is 1. The number of amides is 1. The van der Waals surface area contributed by atoms with Crippen LogP contribution in [0.15, 0.2) is 18.2 Å². The molecule has 1 atom stereocenters. The van der Waals surface area contributed by atoms with Gasteiger partial charge in [0.1, 0.15) is 0 Å². The molecule has 1 aliphatic heterocycles. The molecular formula is C15H20N2O3. The Morgan fingerprint density at radius 1 is 1.45 bits per heavy atom. The molecule has 1 amide bonds. The summed E-state index contributed by atoms with van der Waals surface area (Å²) in [7, 11) is 0. The zero-order valence-electron chi connectivity index (χ0n) is 11.8. The third kappa shape index (κ3) is 2.54. The van der Waals surface area contributed by atoms with Gasteiger partial charge in [0.15, 0.2) is 0 Å². The van der Waals surface area contributed by atoms with Crippen LogP contribution in [0.1, 0.15) is 42.6 Å². The van der Waals surface area contributed by atoms with Gasteiger partial charge < -0.3 is 15.7 Å². The lowest BCUT2D eigenvalue weighted by Gasteiger charge is -2.29. The van der Waals surface area contributed by atoms with Crippen molar-refractivity contribution in [3.05, 3.63) is 29.3 Å². The van der Waals surface area contributed by atoms with Crippen molar-refractivity contribution >= 4 is 17.6 Å². The maximum Gasteiger partial charge on any atom is 0.335 e. The predicted molar refractivity (Wildman–Crippen MR) is 77.0 cm³/mol. The van der Waals surface area contributed by atoms with E-state index in [0.29, 0.717) is 18.7 Å². The molecule has 1 aromatic carbocycles. The Hall–Kier alpha value is -1.88. The molecule has 5 nitrogen and oxygen atoms in total. The molecule has 0 saturated carbocycles. The first-order valence-corrected chi connectivity index (χ1v) is 6.84. The molecule has 0 spiro atoms. The van der Waals surface area contributed by atoms with Gasteiger partial charge in [0.25, 0.3) is 0 Å². The Kier molecular flexibility index (Phi) is 3.81. The number of nitrogens with zero attached hydrogens (tertiary/aromatic N) is 1. The average Bonchev–Trinajstić information content (AvgIpc) is 2.80. The molecule has 0 aromatic heterocycles. The van der Waals surface area contributed by atoms with Gasteiger partial charge in [-0.15, -0.1) is 0 Å². The second-order valence-electron chi connectivity index (χ2n) is 5.52. The Bertz CT molecular complexity index is 552. The van der Waals surface area contributed by atoms with Crippen molar-refractivity contribution in [1.82, 2.24) is 0 Å². The zero-order valence-corrected chi connectivity index (χ0v) is 11.8. The second kappa shape index (κ2) is 5.25. The van der Waals surface area contributed by atoms with Crippen molar-refractivity contribution in [3.63, 3.8) is 0 Å². The number of rotatable bonds is 4. The van der Waals surface area contributed by atoms with Crippen LogP contribution >= 0.6 is 0 Å². The van der Waals surface area contributed by atoms with Gasteiger partial charge in [-0.25, -0.2) is 4.79 Å². The highest BCUT2D eigenvalue weighted by atomic mass is 16.4. The highest BCUT2D eigenvalue weighted by Gasteiger charge is 2.35. The SMILES string of the molecule is CCCC(C)(N)C(=O)N1CCc2ccc(C(=O)O)cc21. The number of benzene rings is 1. The minimum Gasteiger partial charge on any atom is -0.478 e. The zero-order chi connectivity index (χ0) is 14.9. The minimum atomic E-state index is -0.990. The summed E-state index contributed by atoms with van der Waals surface area (Å²) in [6, 6.07) is 4.91. The number of carboxylic acids is 1. The van der Waals surface area contributed by atoms with E-state index in [9.17, 15) is 9.59 Å². The van der Waals surface area contributed by atoms with Crippen molar-refractivity contribution in [2.24, 2.45) is 5.73 Å². The van der Waals surface area contributed by atoms with Gasteiger partial charge in [0.2, 0.25) is 5.91 Å². The summed E-state index contributed by atoms with van der Waals surface area (Å²) in [5.74, 6) is -1.13. The molecule has 0 bridgehead atoms. The number of anilines is 1. The first-order chi connectivity index (χ1) is 9.36. The Balaban J connectivity index is 2.33. The summed E-state index contributed by atoms with van der Waals surface area (Å²) in [4.78, 5) is 25.2. The summed E-state index contributed by atoms with van der Waals surface area (Å²) in [5.41, 5.74) is 7.06. The van der Waals surface area contributed by atoms with E-state index in [0.717, 1.165) is 18.4 Å². The molecule has 1 aliphatic rings. The van der Waals surface area contributed by atoms with Gasteiger partial charge in [-0.3, -0.25) is 4.79 Å². The number of carbonyl (C=O) groups is 2. The van der Waals surface area contributed by atoms with E-state index in [2.05, 4.69) is 0 Å². The molecule has 1 heterocycles. The van der Waals surface area contributed by atoms with Crippen LogP contribution in [0.25, 0.3) is 0 Å². The van der Waals surface area contributed by atoms with Crippen LogP contribution in [-0.2, 0) is 11.2 Å². The summed E-state index contributed by atoms with van der Waals surface area (Å²) >= 11 is 0. The summed E-state index contributed by atoms with van der Waals surface area (Å²) in [6.45, 7) is 4.28. The number of fused-ring (bicyclic) bond motifs is 1. The molecule has 0 fully saturated rings. The molecular weight excluding hydrogens is 256 g/mol. The first kappa shape index (κ1) is 14.5. The van der Waals surface area contributed by atoms with E-state index in [1.165, 1.54) is 0 Å². The molecule has 2 rings (SSSR count). The van der Waals surface area contributed by atoms with Crippen molar-refractivity contribution in [3.8, 4) is 0 Å². The van der Waals surface area contributed by atoms with Gasteiger partial charge in [0, 0.05) is 12.2 Å². The number of hydrogen-bond donors (Lipinski definition) is 2. The maximum absolute atomic E-state index is 12.6. The highest BCUT2D eigenvalue weighted by Crippen LogP contribution is 2.31. The molecule has 108 valence electrons. The molecule has 0 radical (unpaired) electrons. The van der Waals surface area contributed by atoms with Crippen LogP contribution in [0.2, 0.25) is 0 Å². The number of nitrogens with two attached hydrogens (primary N) is 1. The van der Waals surface area contributed by atoms with Crippen molar-refractivity contribution < 1.29 is 14.7 Å². The number of carboxylic acid groups (broad SMARTS) is 1. The van der Waals surface area contributed by atoms with E-state index in [1.807, 2.05) is 6.92 Å². The first-order valence-electron chi connectivity index (χ1n) is 6.84. The maximum atomic E-state index is 12.6. The Morgan fingerprint density at radius 3 is 2.75 bits per heavy atom. The van der Waals surface area contributed by atoms with Crippen LogP contribution in [-0.4, -0.2) is 29.1 Å². The van der Waals surface area contributed by atoms with E-state index in [4.69, 9.17) is 10.8 Å². The van der Waals surface area contributed by atoms with Gasteiger partial charge in [-0.1, -0.05) is 19.4 Å². The number of hydrogen-bond acceptors (Lipinski definition) is 3. The molecule has 1 aromatic rings. The quantitative estimate of drug-likeness (QED) is 0.878. The summed E-state index contributed by atoms with van der Waals surface area (Å²) in [5, 5.41) is 9.06. The van der Waals surface area contributed by atoms with E-state index >= 15 is 0 Å². The normalized spacial score (nSPS) is 16.6. The van der Waals surface area contributed by atoms with Gasteiger partial charge in [-0.05, 0) is 37.5 Å². The molecule has 0 aliphatic carbocycles. The standard InChI is InChI=1S/C15H20N2O3/c1-3-7-15(2,16)14(20)17-8-6-10-4-5-11(13(18)19)9-12(10)17/h4-5,9H,3,6-8,16H2,1-2H3,(H,18,19). The Labute approximate surface area is 118 Å². The van der Waals surface area contributed by atoms with E-state index in [1.54, 1.807) is 30.0 Å². The average molecular weight is 276 g/mol. The van der Waals surface area contributed by atoms with Crippen molar-refractivity contribution in [1.29, 1.82) is 0 Å². The number of carbonyl (C=O) groups excluding carboxylic acids is 1. The largest absolute Gasteiger partial charge is 0.478 e. The summed E-state index contributed by atoms with van der Waals surface area (Å²) < 4.78 is 0. The van der Waals surface area contributed by atoms with Crippen LogP contribution in [0, 0.1) is 0 Å². The Morgan fingerprint density at radius 2 is 2.15 bits per heavy atom. The topological polar surface area (TPSA) is 83.6 Å². The van der Waals surface area contributed by atoms with Crippen LogP contribution in [0.5, 0.6) is 0 Å². The third-order valence-corrected chi connectivity index (χ3v) is 3.73. The second-order valence-corrected chi connectivity index (χ2v) is 5.52. The lowest BCUT2D eigenvalue weighted by Crippen LogP contribution is -2.53. The fourth-order valence-electron chi connectivity index (χ4n) is 2.66. The third-order valence-electron chi connectivity index (χ3n) is 3.73. The fraction of sp³-hybridized carbons (Fsp3) is 0.467. The minimum absolute atomic E-state index is 0.138. The van der Waals surface area contributed by atoms with Gasteiger partial charge in [-0.2, -0.15) is 0 Å². The molecule has 1 unspecified atom stereocenters. The van der Waals surface area contributed by atoms with Crippen LogP contribution < -0.4 is 10.6 Å². The van der Waals surface area contributed by atoms with E-state index < -0.39 is 11.5 Å². The van der Waals surface area contributed by atoms with Gasteiger partial charge >= 0.3 is 5.97 Å². The smallest absolute Gasteiger partial charge is 0.335 e. The van der Waals surface area contributed by atoms with Crippen molar-refractivity contribution in [2.75, 3.05) is 11.4 Å². The molecule has 3 N–H and O–H groups in total. The van der Waals surface area contributed by atoms with Crippen LogP contribution in [0.3, 0.4) is 0 Å². The fourth-order valence-corrected chi connectivity index (χ4v) is 2.66. The highest BCUT2D eigenvalue weighted by molar-refractivity contribution is 6.02. The molecule has 20 heavy (non-hydrogen) atoms. The molecule has 0 saturated heterocycles. The van der Waals surface area contributed by atoms with Crippen molar-refractivity contribution in [2.45, 2.75) is 38.6 Å². The molecule has 5 heteroatoms. The predicted octanol–water partition coefficient (Wildman–Crippen LogP) is 1.79. The lowest BCUT2D eigenvalue weighted by molar-refractivity contribution is -0.123.